The third kappa shape index (κ3) is 6.69. The number of amides is 1. The van der Waals surface area contributed by atoms with Crippen molar-refractivity contribution in [3.05, 3.63) is 60.2 Å². The summed E-state index contributed by atoms with van der Waals surface area (Å²) in [5.41, 5.74) is 10.4. The largest absolute Gasteiger partial charge is 0.504 e. The lowest BCUT2D eigenvalue weighted by Gasteiger charge is -2.32. The van der Waals surface area contributed by atoms with Crippen LogP contribution in [0.2, 0.25) is 0 Å². The van der Waals surface area contributed by atoms with Crippen molar-refractivity contribution in [3.8, 4) is 40.0 Å². The van der Waals surface area contributed by atoms with E-state index in [0.717, 1.165) is 32.1 Å². The van der Waals surface area contributed by atoms with Crippen LogP contribution in [0.1, 0.15) is 50.5 Å². The summed E-state index contributed by atoms with van der Waals surface area (Å²) in [5, 5.41) is 28.7. The van der Waals surface area contributed by atoms with Crippen molar-refractivity contribution in [2.24, 2.45) is 5.73 Å². The van der Waals surface area contributed by atoms with E-state index in [1.54, 1.807) is 35.9 Å². The quantitative estimate of drug-likeness (QED) is 0.112. The number of nitrogens with one attached hydrogen (secondary N) is 1. The SMILES string of the molecule is N#Cc1ccc(-c2nc(N3CCC(N)CC3)n3ccnc3c2-c2ccc(OCCCCCCC(=O)NO)c(O)c2)cc1F. The maximum Gasteiger partial charge on any atom is 0.243 e. The summed E-state index contributed by atoms with van der Waals surface area (Å²) >= 11 is 0. The number of unbranched alkanes of at least 4 members (excludes halogenated alkanes) is 3. The molecule has 4 aromatic rings. The number of hydrogen-bond acceptors (Lipinski definition) is 9. The molecule has 43 heavy (non-hydrogen) atoms. The highest BCUT2D eigenvalue weighted by molar-refractivity contribution is 5.91. The van der Waals surface area contributed by atoms with E-state index >= 15 is 0 Å². The molecular weight excluding hydrogens is 553 g/mol. The van der Waals surface area contributed by atoms with Gasteiger partial charge in [0.15, 0.2) is 11.5 Å². The average Bonchev–Trinajstić information content (AvgIpc) is 3.50. The first-order valence-corrected chi connectivity index (χ1v) is 14.4. The van der Waals surface area contributed by atoms with Gasteiger partial charge in [-0.05, 0) is 55.5 Å². The lowest BCUT2D eigenvalue weighted by Crippen LogP contribution is -2.40. The zero-order valence-corrected chi connectivity index (χ0v) is 23.7. The lowest BCUT2D eigenvalue weighted by molar-refractivity contribution is -0.129. The fourth-order valence-corrected chi connectivity index (χ4v) is 5.29. The van der Waals surface area contributed by atoms with Crippen molar-refractivity contribution < 1.29 is 24.2 Å². The minimum absolute atomic E-state index is 0.0622. The number of aromatic hydroxyl groups is 1. The predicted octanol–water partition coefficient (Wildman–Crippen LogP) is 4.54. The van der Waals surface area contributed by atoms with Gasteiger partial charge in [0.1, 0.15) is 17.5 Å². The normalized spacial score (nSPS) is 13.7. The van der Waals surface area contributed by atoms with Crippen molar-refractivity contribution in [1.82, 2.24) is 19.8 Å². The Labute approximate surface area is 248 Å². The van der Waals surface area contributed by atoms with Gasteiger partial charge >= 0.3 is 0 Å². The molecule has 12 heteroatoms. The molecule has 5 rings (SSSR count). The van der Waals surface area contributed by atoms with E-state index in [1.807, 2.05) is 16.7 Å². The second-order valence-electron chi connectivity index (χ2n) is 10.6. The summed E-state index contributed by atoms with van der Waals surface area (Å²) in [6.07, 6.45) is 8.45. The third-order valence-corrected chi connectivity index (χ3v) is 7.64. The van der Waals surface area contributed by atoms with E-state index < -0.39 is 11.7 Å². The number of aromatic nitrogens is 3. The highest BCUT2D eigenvalue weighted by atomic mass is 19.1. The first-order valence-electron chi connectivity index (χ1n) is 14.4. The van der Waals surface area contributed by atoms with E-state index in [2.05, 4.69) is 9.88 Å². The van der Waals surface area contributed by atoms with E-state index in [9.17, 15) is 19.6 Å². The Balaban J connectivity index is 1.45. The van der Waals surface area contributed by atoms with Crippen LogP contribution in [-0.2, 0) is 4.79 Å². The summed E-state index contributed by atoms with van der Waals surface area (Å²) in [6.45, 7) is 1.81. The molecule has 2 aromatic heterocycles. The molecule has 1 aliphatic rings. The van der Waals surface area contributed by atoms with Gasteiger partial charge in [-0.1, -0.05) is 25.0 Å². The number of nitrogens with zero attached hydrogens (tertiary/aromatic N) is 5. The van der Waals surface area contributed by atoms with Gasteiger partial charge in [-0.2, -0.15) is 5.26 Å². The Morgan fingerprint density at radius 2 is 1.91 bits per heavy atom. The predicted molar refractivity (Wildman–Crippen MR) is 158 cm³/mol. The molecule has 0 unspecified atom stereocenters. The van der Waals surface area contributed by atoms with Gasteiger partial charge in [0.2, 0.25) is 11.9 Å². The molecule has 0 radical (unpaired) electrons. The minimum Gasteiger partial charge on any atom is -0.504 e. The summed E-state index contributed by atoms with van der Waals surface area (Å²) in [4.78, 5) is 22.9. The number of phenols is 1. The fraction of sp³-hybridized carbons (Fsp3) is 0.355. The number of hydroxylamine groups is 1. The zero-order chi connectivity index (χ0) is 30.3. The molecule has 2 aromatic carbocycles. The Kier molecular flexibility index (Phi) is 9.34. The van der Waals surface area contributed by atoms with Crippen LogP contribution in [0.25, 0.3) is 28.0 Å². The molecule has 5 N–H and O–H groups in total. The van der Waals surface area contributed by atoms with Crippen molar-refractivity contribution in [3.63, 3.8) is 0 Å². The van der Waals surface area contributed by atoms with Crippen LogP contribution in [0.15, 0.2) is 48.8 Å². The number of anilines is 1. The van der Waals surface area contributed by atoms with Crippen LogP contribution in [-0.4, -0.2) is 56.3 Å². The van der Waals surface area contributed by atoms with E-state index in [0.29, 0.717) is 65.8 Å². The number of piperidine rings is 1. The van der Waals surface area contributed by atoms with Gasteiger partial charge in [0.25, 0.3) is 0 Å². The molecule has 1 saturated heterocycles. The lowest BCUT2D eigenvalue weighted by atomic mass is 9.98. The molecule has 1 fully saturated rings. The molecule has 3 heterocycles. The number of benzene rings is 2. The number of halogens is 1. The number of phenolic OH excluding ortho intramolecular Hbond substituents is 1. The van der Waals surface area contributed by atoms with Crippen molar-refractivity contribution in [2.45, 2.75) is 51.0 Å². The Morgan fingerprint density at radius 1 is 1.14 bits per heavy atom. The van der Waals surface area contributed by atoms with Crippen LogP contribution in [0.5, 0.6) is 11.5 Å². The van der Waals surface area contributed by atoms with Crippen LogP contribution in [0.4, 0.5) is 10.3 Å². The number of carbonyl (C=O) groups is 1. The summed E-state index contributed by atoms with van der Waals surface area (Å²) in [6, 6.07) is 11.4. The first-order chi connectivity index (χ1) is 20.9. The molecule has 1 aliphatic heterocycles. The second kappa shape index (κ2) is 13.5. The molecule has 11 nitrogen and oxygen atoms in total. The van der Waals surface area contributed by atoms with E-state index in [4.69, 9.17) is 20.7 Å². The van der Waals surface area contributed by atoms with Gasteiger partial charge in [-0.3, -0.25) is 14.4 Å². The number of hydrogen-bond donors (Lipinski definition) is 4. The molecule has 1 amide bonds. The molecule has 224 valence electrons. The monoisotopic (exact) mass is 587 g/mol. The molecule has 0 bridgehead atoms. The zero-order valence-electron chi connectivity index (χ0n) is 23.7. The highest BCUT2D eigenvalue weighted by Crippen LogP contribution is 2.40. The summed E-state index contributed by atoms with van der Waals surface area (Å²) in [5.74, 6) is -0.132. The van der Waals surface area contributed by atoms with Gasteiger partial charge < -0.3 is 20.5 Å². The maximum atomic E-state index is 14.8. The standard InChI is InChI=1S/C31H34FN7O4/c32-24-17-21(6-7-22(24)19-33)29-28(30-35-12-15-39(30)31(36-29)38-13-10-23(34)11-14-38)20-8-9-26(25(40)18-20)43-16-4-2-1-3-5-27(41)37-42/h6-9,12,15,17-18,23,40,42H,1-5,10-11,13-14,16,34H2,(H,37,41). The molecule has 0 aliphatic carbocycles. The third-order valence-electron chi connectivity index (χ3n) is 7.64. The van der Waals surface area contributed by atoms with Crippen LogP contribution >= 0.6 is 0 Å². The number of fused-ring (bicyclic) bond motifs is 1. The summed E-state index contributed by atoms with van der Waals surface area (Å²) < 4.78 is 22.5. The van der Waals surface area contributed by atoms with Gasteiger partial charge in [-0.25, -0.2) is 19.8 Å². The van der Waals surface area contributed by atoms with Gasteiger partial charge in [0.05, 0.1) is 23.4 Å². The number of carbonyl (C=O) groups excluding carboxylic acids is 1. The number of nitrogens with two attached hydrogens (primary N) is 1. The number of imidazole rings is 1. The Bertz CT molecular complexity index is 1640. The summed E-state index contributed by atoms with van der Waals surface area (Å²) in [7, 11) is 0. The van der Waals surface area contributed by atoms with Gasteiger partial charge in [-0.15, -0.1) is 0 Å². The first kappa shape index (κ1) is 29.8. The smallest absolute Gasteiger partial charge is 0.243 e. The van der Waals surface area contributed by atoms with Crippen molar-refractivity contribution in [1.29, 1.82) is 5.26 Å². The fourth-order valence-electron chi connectivity index (χ4n) is 5.29. The Morgan fingerprint density at radius 3 is 2.63 bits per heavy atom. The van der Waals surface area contributed by atoms with Gasteiger partial charge in [0, 0.05) is 43.5 Å². The molecule has 0 saturated carbocycles. The number of nitriles is 1. The van der Waals surface area contributed by atoms with Crippen molar-refractivity contribution >= 4 is 17.5 Å². The van der Waals surface area contributed by atoms with E-state index in [1.165, 1.54) is 12.1 Å². The topological polar surface area (TPSA) is 162 Å². The second-order valence-corrected chi connectivity index (χ2v) is 10.6. The van der Waals surface area contributed by atoms with Crippen molar-refractivity contribution in [2.75, 3.05) is 24.6 Å². The molecule has 0 spiro atoms. The highest BCUT2D eigenvalue weighted by Gasteiger charge is 2.25. The number of ether oxygens (including phenoxy) is 1. The number of rotatable bonds is 11. The molecular formula is C31H34FN7O4. The van der Waals surface area contributed by atoms with E-state index in [-0.39, 0.29) is 23.8 Å². The Hall–Kier alpha value is -4.73. The minimum atomic E-state index is -0.648. The van der Waals surface area contributed by atoms with Crippen LogP contribution < -0.4 is 20.9 Å². The molecule has 0 atom stereocenters. The van der Waals surface area contributed by atoms with Crippen LogP contribution in [0, 0.1) is 17.1 Å². The average molecular weight is 588 g/mol. The maximum absolute atomic E-state index is 14.8. The van der Waals surface area contributed by atoms with Crippen LogP contribution in [0.3, 0.4) is 0 Å².